The van der Waals surface area contributed by atoms with Gasteiger partial charge in [-0.15, -0.1) is 0 Å². The normalized spacial score (nSPS) is 15.3. The summed E-state index contributed by atoms with van der Waals surface area (Å²) >= 11 is 9.61. The van der Waals surface area contributed by atoms with E-state index in [0.717, 1.165) is 27.0 Å². The molecule has 0 saturated carbocycles. The fourth-order valence-corrected chi connectivity index (χ4v) is 3.50. The molecule has 0 aromatic heterocycles. The van der Waals surface area contributed by atoms with Gasteiger partial charge in [0.1, 0.15) is 0 Å². The van der Waals surface area contributed by atoms with Crippen molar-refractivity contribution < 1.29 is 4.79 Å². The van der Waals surface area contributed by atoms with Gasteiger partial charge in [-0.05, 0) is 53.6 Å². The van der Waals surface area contributed by atoms with Crippen LogP contribution >= 0.6 is 27.5 Å². The van der Waals surface area contributed by atoms with E-state index in [4.69, 9.17) is 11.6 Å². The fraction of sp³-hybridized carbons (Fsp3) is 0. The van der Waals surface area contributed by atoms with E-state index in [1.807, 2.05) is 78.9 Å². The first-order valence-electron chi connectivity index (χ1n) is 8.46. The van der Waals surface area contributed by atoms with E-state index in [1.54, 1.807) is 17.0 Å². The average molecular weight is 437 g/mol. The standard InChI is InChI=1S/C23H15BrClNO/c24-19-11-9-16(10-12-19)13-18-14-22(17-5-2-1-3-6-17)26(23(18)27)21-8-4-7-20(25)15-21/h1-15H/b18-13+. The molecule has 0 spiro atoms. The van der Waals surface area contributed by atoms with Crippen LogP contribution in [-0.2, 0) is 4.79 Å². The highest BCUT2D eigenvalue weighted by Crippen LogP contribution is 2.36. The van der Waals surface area contributed by atoms with Crippen LogP contribution in [0.4, 0.5) is 5.69 Å². The number of carbonyl (C=O) groups is 1. The zero-order valence-corrected chi connectivity index (χ0v) is 16.6. The molecule has 3 aromatic carbocycles. The maximum atomic E-state index is 13.2. The highest BCUT2D eigenvalue weighted by atomic mass is 79.9. The van der Waals surface area contributed by atoms with Crippen LogP contribution in [-0.4, -0.2) is 5.91 Å². The Balaban J connectivity index is 1.82. The Hall–Kier alpha value is -2.62. The van der Waals surface area contributed by atoms with Crippen molar-refractivity contribution in [1.82, 2.24) is 0 Å². The Bertz CT molecular complexity index is 1060. The molecule has 0 aliphatic carbocycles. The first kappa shape index (κ1) is 17.8. The third-order valence-electron chi connectivity index (χ3n) is 4.31. The lowest BCUT2D eigenvalue weighted by molar-refractivity contribution is -0.113. The van der Waals surface area contributed by atoms with E-state index in [9.17, 15) is 4.79 Å². The van der Waals surface area contributed by atoms with Crippen LogP contribution in [0.25, 0.3) is 11.8 Å². The SMILES string of the molecule is O=C1/C(=C/c2ccc(Br)cc2)C=C(c2ccccc2)N1c1cccc(Cl)c1. The molecule has 0 fully saturated rings. The van der Waals surface area contributed by atoms with Crippen LogP contribution in [0.2, 0.25) is 5.02 Å². The summed E-state index contributed by atoms with van der Waals surface area (Å²) in [6.07, 6.45) is 3.84. The zero-order chi connectivity index (χ0) is 18.8. The number of hydrogen-bond acceptors (Lipinski definition) is 1. The van der Waals surface area contributed by atoms with Gasteiger partial charge in [-0.25, -0.2) is 0 Å². The van der Waals surface area contributed by atoms with Gasteiger partial charge >= 0.3 is 0 Å². The van der Waals surface area contributed by atoms with Crippen LogP contribution < -0.4 is 4.90 Å². The van der Waals surface area contributed by atoms with E-state index in [1.165, 1.54) is 0 Å². The minimum Gasteiger partial charge on any atom is -0.276 e. The van der Waals surface area contributed by atoms with Crippen molar-refractivity contribution >= 4 is 50.9 Å². The van der Waals surface area contributed by atoms with Gasteiger partial charge in [-0.3, -0.25) is 9.69 Å². The summed E-state index contributed by atoms with van der Waals surface area (Å²) < 4.78 is 1.00. The maximum Gasteiger partial charge on any atom is 0.262 e. The molecule has 1 aliphatic rings. The monoisotopic (exact) mass is 435 g/mol. The molecule has 3 aromatic rings. The highest BCUT2D eigenvalue weighted by molar-refractivity contribution is 9.10. The molecule has 0 bridgehead atoms. The Labute approximate surface area is 171 Å². The quantitative estimate of drug-likeness (QED) is 0.425. The third-order valence-corrected chi connectivity index (χ3v) is 5.08. The molecule has 1 amide bonds. The fourth-order valence-electron chi connectivity index (χ4n) is 3.05. The number of rotatable bonds is 3. The van der Waals surface area contributed by atoms with E-state index in [2.05, 4.69) is 15.9 Å². The van der Waals surface area contributed by atoms with Crippen LogP contribution in [0, 0.1) is 0 Å². The second-order valence-electron chi connectivity index (χ2n) is 6.17. The smallest absolute Gasteiger partial charge is 0.262 e. The number of amides is 1. The van der Waals surface area contributed by atoms with E-state index in [0.29, 0.717) is 10.6 Å². The lowest BCUT2D eigenvalue weighted by Gasteiger charge is -2.21. The molecule has 0 N–H and O–H groups in total. The van der Waals surface area contributed by atoms with Gasteiger partial charge in [0.25, 0.3) is 5.91 Å². The number of halogens is 2. The van der Waals surface area contributed by atoms with Crippen molar-refractivity contribution in [2.75, 3.05) is 4.90 Å². The average Bonchev–Trinajstić information content (AvgIpc) is 3.01. The summed E-state index contributed by atoms with van der Waals surface area (Å²) in [6.45, 7) is 0. The van der Waals surface area contributed by atoms with E-state index in [-0.39, 0.29) is 5.91 Å². The number of hydrogen-bond donors (Lipinski definition) is 0. The predicted molar refractivity (Wildman–Crippen MR) is 115 cm³/mol. The molecule has 1 aliphatic heterocycles. The van der Waals surface area contributed by atoms with Crippen LogP contribution in [0.5, 0.6) is 0 Å². The molecule has 0 atom stereocenters. The summed E-state index contributed by atoms with van der Waals surface area (Å²) in [4.78, 5) is 14.9. The Kier molecular flexibility index (Phi) is 4.97. The summed E-state index contributed by atoms with van der Waals surface area (Å²) in [6, 6.07) is 25.1. The second kappa shape index (κ2) is 7.55. The largest absolute Gasteiger partial charge is 0.276 e. The van der Waals surface area contributed by atoms with Crippen molar-refractivity contribution in [3.05, 3.63) is 111 Å². The molecule has 27 heavy (non-hydrogen) atoms. The number of nitrogens with zero attached hydrogens (tertiary/aromatic N) is 1. The summed E-state index contributed by atoms with van der Waals surface area (Å²) in [5.74, 6) is -0.0703. The van der Waals surface area contributed by atoms with Gasteiger partial charge in [0, 0.05) is 15.1 Å². The zero-order valence-electron chi connectivity index (χ0n) is 14.3. The minimum absolute atomic E-state index is 0.0703. The van der Waals surface area contributed by atoms with Crippen molar-refractivity contribution in [2.45, 2.75) is 0 Å². The van der Waals surface area contributed by atoms with Crippen molar-refractivity contribution in [1.29, 1.82) is 0 Å². The Morgan fingerprint density at radius 1 is 0.889 bits per heavy atom. The summed E-state index contributed by atoms with van der Waals surface area (Å²) in [5, 5.41) is 0.595. The molecule has 4 rings (SSSR count). The van der Waals surface area contributed by atoms with Gasteiger partial charge in [0.05, 0.1) is 11.4 Å². The summed E-state index contributed by atoms with van der Waals surface area (Å²) in [7, 11) is 0. The molecule has 0 unspecified atom stereocenters. The lowest BCUT2D eigenvalue weighted by atomic mass is 10.1. The molecule has 132 valence electrons. The first-order valence-corrected chi connectivity index (χ1v) is 9.63. The van der Waals surface area contributed by atoms with Crippen LogP contribution in [0.15, 0.2) is 95.0 Å². The molecule has 0 radical (unpaired) electrons. The van der Waals surface area contributed by atoms with Gasteiger partial charge in [0.15, 0.2) is 0 Å². The molecule has 2 nitrogen and oxygen atoms in total. The molecule has 1 heterocycles. The predicted octanol–water partition coefficient (Wildman–Crippen LogP) is 6.57. The maximum absolute atomic E-state index is 13.2. The number of anilines is 1. The second-order valence-corrected chi connectivity index (χ2v) is 7.52. The van der Waals surface area contributed by atoms with Crippen LogP contribution in [0.3, 0.4) is 0 Å². The highest BCUT2D eigenvalue weighted by Gasteiger charge is 2.30. The molecule has 4 heteroatoms. The molecular weight excluding hydrogens is 422 g/mol. The summed E-state index contributed by atoms with van der Waals surface area (Å²) in [5.41, 5.74) is 4.17. The van der Waals surface area contributed by atoms with Crippen molar-refractivity contribution in [3.8, 4) is 0 Å². The van der Waals surface area contributed by atoms with Gasteiger partial charge < -0.3 is 0 Å². The van der Waals surface area contributed by atoms with E-state index >= 15 is 0 Å². The van der Waals surface area contributed by atoms with Gasteiger partial charge in [0.2, 0.25) is 0 Å². The topological polar surface area (TPSA) is 20.3 Å². The molecular formula is C23H15BrClNO. The van der Waals surface area contributed by atoms with Crippen LogP contribution in [0.1, 0.15) is 11.1 Å². The molecule has 0 saturated heterocycles. The van der Waals surface area contributed by atoms with Crippen molar-refractivity contribution in [2.24, 2.45) is 0 Å². The Morgan fingerprint density at radius 3 is 2.33 bits per heavy atom. The van der Waals surface area contributed by atoms with Crippen molar-refractivity contribution in [3.63, 3.8) is 0 Å². The first-order chi connectivity index (χ1) is 13.1. The Morgan fingerprint density at radius 2 is 1.63 bits per heavy atom. The number of carbonyl (C=O) groups excluding carboxylic acids is 1. The van der Waals surface area contributed by atoms with Gasteiger partial charge in [-0.2, -0.15) is 0 Å². The number of benzene rings is 3. The van der Waals surface area contributed by atoms with E-state index < -0.39 is 0 Å². The third kappa shape index (κ3) is 3.75. The lowest BCUT2D eigenvalue weighted by Crippen LogP contribution is -2.24. The van der Waals surface area contributed by atoms with Gasteiger partial charge in [-0.1, -0.05) is 76.1 Å². The minimum atomic E-state index is -0.0703.